The fourth-order valence-corrected chi connectivity index (χ4v) is 2.75. The smallest absolute Gasteiger partial charge is 0.334 e. The molecule has 0 aliphatic carbocycles. The third-order valence-corrected chi connectivity index (χ3v) is 3.91. The number of esters is 1. The van der Waals surface area contributed by atoms with Crippen LogP contribution in [0.4, 0.5) is 10.5 Å². The summed E-state index contributed by atoms with van der Waals surface area (Å²) in [4.78, 5) is 26.6. The van der Waals surface area contributed by atoms with Crippen molar-refractivity contribution in [2.24, 2.45) is 5.73 Å². The topological polar surface area (TPSA) is 81.9 Å². The molecule has 6 nitrogen and oxygen atoms in total. The molecule has 0 fully saturated rings. The minimum Gasteiger partial charge on any atom is -0.496 e. The maximum atomic E-state index is 13.0. The lowest BCUT2D eigenvalue weighted by molar-refractivity contribution is -0.156. The van der Waals surface area contributed by atoms with E-state index >= 15 is 0 Å². The van der Waals surface area contributed by atoms with E-state index in [0.717, 1.165) is 5.56 Å². The van der Waals surface area contributed by atoms with Gasteiger partial charge in [-0.3, -0.25) is 4.90 Å². The molecule has 0 heterocycles. The average Bonchev–Trinajstić information content (AvgIpc) is 2.59. The maximum absolute atomic E-state index is 13.0. The Balaban J connectivity index is 2.59. The molecule has 0 spiro atoms. The molecule has 6 heteroatoms. The van der Waals surface area contributed by atoms with Crippen LogP contribution in [-0.4, -0.2) is 24.7 Å². The Morgan fingerprint density at radius 2 is 1.70 bits per heavy atom. The highest BCUT2D eigenvalue weighted by molar-refractivity contribution is 5.98. The van der Waals surface area contributed by atoms with Gasteiger partial charge >= 0.3 is 12.0 Å². The molecule has 1 unspecified atom stereocenters. The first-order valence-corrected chi connectivity index (χ1v) is 8.65. The van der Waals surface area contributed by atoms with E-state index in [1.165, 1.54) is 4.90 Å². The van der Waals surface area contributed by atoms with Crippen molar-refractivity contribution < 1.29 is 19.1 Å². The summed E-state index contributed by atoms with van der Waals surface area (Å²) in [6.45, 7) is 7.21. The Hall–Kier alpha value is -3.02. The first-order chi connectivity index (χ1) is 12.6. The third kappa shape index (κ3) is 5.00. The van der Waals surface area contributed by atoms with Gasteiger partial charge in [0, 0.05) is 6.07 Å². The average molecular weight is 370 g/mol. The number of amides is 2. The third-order valence-electron chi connectivity index (χ3n) is 3.91. The summed E-state index contributed by atoms with van der Waals surface area (Å²) in [5, 5.41) is 0. The van der Waals surface area contributed by atoms with Gasteiger partial charge in [0.25, 0.3) is 0 Å². The van der Waals surface area contributed by atoms with Crippen LogP contribution < -0.4 is 15.4 Å². The van der Waals surface area contributed by atoms with E-state index in [9.17, 15) is 9.59 Å². The molecule has 144 valence electrons. The molecule has 2 aromatic carbocycles. The molecule has 0 saturated heterocycles. The number of rotatable bonds is 5. The van der Waals surface area contributed by atoms with Gasteiger partial charge in [0.05, 0.1) is 12.8 Å². The van der Waals surface area contributed by atoms with Crippen molar-refractivity contribution in [3.05, 3.63) is 59.7 Å². The quantitative estimate of drug-likeness (QED) is 0.807. The summed E-state index contributed by atoms with van der Waals surface area (Å²) in [7, 11) is 1.54. The normalized spacial score (nSPS) is 12.2. The zero-order valence-corrected chi connectivity index (χ0v) is 16.4. The SMILES string of the molecule is COc1cc(N(C(N)=O)C(C(=O)OC(C)(C)C)c2ccccc2)ccc1C. The first-order valence-electron chi connectivity index (χ1n) is 8.65. The van der Waals surface area contributed by atoms with Crippen molar-refractivity contribution in [1.82, 2.24) is 0 Å². The second-order valence-corrected chi connectivity index (χ2v) is 7.21. The molecule has 0 bridgehead atoms. The number of ether oxygens (including phenoxy) is 2. The number of benzene rings is 2. The van der Waals surface area contributed by atoms with Crippen molar-refractivity contribution in [2.45, 2.75) is 39.3 Å². The molecule has 1 atom stereocenters. The first kappa shape index (κ1) is 20.3. The molecule has 2 N–H and O–H groups in total. The number of primary amides is 1. The van der Waals surface area contributed by atoms with Crippen molar-refractivity contribution in [1.29, 1.82) is 0 Å². The lowest BCUT2D eigenvalue weighted by atomic mass is 10.0. The van der Waals surface area contributed by atoms with Crippen LogP contribution in [0, 0.1) is 6.92 Å². The second-order valence-electron chi connectivity index (χ2n) is 7.21. The van der Waals surface area contributed by atoms with E-state index in [2.05, 4.69) is 0 Å². The molecule has 2 amide bonds. The highest BCUT2D eigenvalue weighted by atomic mass is 16.6. The van der Waals surface area contributed by atoms with Crippen LogP contribution in [0.1, 0.15) is 37.9 Å². The highest BCUT2D eigenvalue weighted by Gasteiger charge is 2.35. The van der Waals surface area contributed by atoms with Crippen molar-refractivity contribution in [3.63, 3.8) is 0 Å². The molecule has 0 aliphatic rings. The zero-order valence-electron chi connectivity index (χ0n) is 16.4. The molecule has 0 aromatic heterocycles. The van der Waals surface area contributed by atoms with E-state index in [1.54, 1.807) is 70.3 Å². The fraction of sp³-hybridized carbons (Fsp3) is 0.333. The van der Waals surface area contributed by atoms with Crippen LogP contribution >= 0.6 is 0 Å². The molecule has 0 radical (unpaired) electrons. The number of aryl methyl sites for hydroxylation is 1. The Labute approximate surface area is 159 Å². The van der Waals surface area contributed by atoms with Crippen LogP contribution in [0.5, 0.6) is 5.75 Å². The van der Waals surface area contributed by atoms with Crippen LogP contribution in [-0.2, 0) is 9.53 Å². The maximum Gasteiger partial charge on any atom is 0.334 e. The monoisotopic (exact) mass is 370 g/mol. The summed E-state index contributed by atoms with van der Waals surface area (Å²) in [5.74, 6) is 0.0294. The number of carbonyl (C=O) groups is 2. The van der Waals surface area contributed by atoms with Crippen LogP contribution in [0.3, 0.4) is 0 Å². The van der Waals surface area contributed by atoms with E-state index in [0.29, 0.717) is 17.0 Å². The highest BCUT2D eigenvalue weighted by Crippen LogP contribution is 2.33. The molecule has 0 saturated carbocycles. The summed E-state index contributed by atoms with van der Waals surface area (Å²) < 4.78 is 10.9. The van der Waals surface area contributed by atoms with Gasteiger partial charge in [-0.15, -0.1) is 0 Å². The van der Waals surface area contributed by atoms with E-state index < -0.39 is 23.6 Å². The number of nitrogens with zero attached hydrogens (tertiary/aromatic N) is 1. The molecular weight excluding hydrogens is 344 g/mol. The van der Waals surface area contributed by atoms with Crippen LogP contribution in [0.25, 0.3) is 0 Å². The van der Waals surface area contributed by atoms with Gasteiger partial charge in [-0.25, -0.2) is 9.59 Å². The number of urea groups is 1. The predicted molar refractivity (Wildman–Crippen MR) is 105 cm³/mol. The molecule has 0 aliphatic heterocycles. The summed E-state index contributed by atoms with van der Waals surface area (Å²) in [6.07, 6.45) is 0. The van der Waals surface area contributed by atoms with E-state index in [1.807, 2.05) is 13.0 Å². The Bertz CT molecular complexity index is 813. The standard InChI is InChI=1S/C21H26N2O4/c1-14-11-12-16(13-17(14)26-5)23(20(22)25)18(15-9-7-6-8-10-15)19(24)27-21(2,3)4/h6-13,18H,1-5H3,(H2,22,25). The van der Waals surface area contributed by atoms with Crippen LogP contribution in [0.15, 0.2) is 48.5 Å². The van der Waals surface area contributed by atoms with Gasteiger partial charge in [-0.2, -0.15) is 0 Å². The number of anilines is 1. The van der Waals surface area contributed by atoms with Gasteiger partial charge < -0.3 is 15.2 Å². The Morgan fingerprint density at radius 3 is 2.22 bits per heavy atom. The van der Waals surface area contributed by atoms with Crippen molar-refractivity contribution in [2.75, 3.05) is 12.0 Å². The van der Waals surface area contributed by atoms with E-state index in [-0.39, 0.29) is 0 Å². The minimum atomic E-state index is -1.02. The van der Waals surface area contributed by atoms with Gasteiger partial charge in [0.1, 0.15) is 11.4 Å². The Kier molecular flexibility index (Phi) is 6.10. The summed E-state index contributed by atoms with van der Waals surface area (Å²) >= 11 is 0. The van der Waals surface area contributed by atoms with Gasteiger partial charge in [0.15, 0.2) is 6.04 Å². The zero-order chi connectivity index (χ0) is 20.2. The molecule has 27 heavy (non-hydrogen) atoms. The van der Waals surface area contributed by atoms with Gasteiger partial charge in [0.2, 0.25) is 0 Å². The lowest BCUT2D eigenvalue weighted by Gasteiger charge is -2.32. The molecule has 2 aromatic rings. The fourth-order valence-electron chi connectivity index (χ4n) is 2.75. The van der Waals surface area contributed by atoms with Crippen LogP contribution in [0.2, 0.25) is 0 Å². The minimum absolute atomic E-state index is 0.449. The molecular formula is C21H26N2O4. The van der Waals surface area contributed by atoms with E-state index in [4.69, 9.17) is 15.2 Å². The number of methoxy groups -OCH3 is 1. The predicted octanol–water partition coefficient (Wildman–Crippen LogP) is 3.97. The lowest BCUT2D eigenvalue weighted by Crippen LogP contribution is -2.44. The van der Waals surface area contributed by atoms with Crippen molar-refractivity contribution in [3.8, 4) is 5.75 Å². The number of carbonyl (C=O) groups excluding carboxylic acids is 2. The number of hydrogen-bond acceptors (Lipinski definition) is 4. The van der Waals surface area contributed by atoms with Gasteiger partial charge in [-0.05, 0) is 44.9 Å². The number of hydrogen-bond donors (Lipinski definition) is 1. The van der Waals surface area contributed by atoms with Crippen molar-refractivity contribution >= 4 is 17.7 Å². The summed E-state index contributed by atoms with van der Waals surface area (Å²) in [5.41, 5.74) is 6.92. The number of nitrogens with two attached hydrogens (primary N) is 1. The largest absolute Gasteiger partial charge is 0.496 e. The second kappa shape index (κ2) is 8.12. The Morgan fingerprint density at radius 1 is 1.07 bits per heavy atom. The van der Waals surface area contributed by atoms with Gasteiger partial charge in [-0.1, -0.05) is 36.4 Å². The summed E-state index contributed by atoms with van der Waals surface area (Å²) in [6, 6.07) is 12.4. The molecule has 2 rings (SSSR count).